The Bertz CT molecular complexity index is 252. The van der Waals surface area contributed by atoms with E-state index in [1.165, 1.54) is 25.7 Å². The Balaban J connectivity index is 2.02. The number of hydrazone groups is 1. The second-order valence-electron chi connectivity index (χ2n) is 4.40. The monoisotopic (exact) mass is 194 g/mol. The van der Waals surface area contributed by atoms with Crippen LogP contribution < -0.4 is 0 Å². The molecule has 3 nitrogen and oxygen atoms in total. The van der Waals surface area contributed by atoms with Crippen molar-refractivity contribution < 1.29 is 4.79 Å². The lowest BCUT2D eigenvalue weighted by atomic mass is 10.1. The Kier molecular flexibility index (Phi) is 2.85. The Hall–Kier alpha value is -0.860. The van der Waals surface area contributed by atoms with Crippen molar-refractivity contribution in [2.24, 2.45) is 5.10 Å². The van der Waals surface area contributed by atoms with Gasteiger partial charge in [-0.15, -0.1) is 0 Å². The Labute approximate surface area is 85.2 Å². The van der Waals surface area contributed by atoms with Gasteiger partial charge >= 0.3 is 0 Å². The van der Waals surface area contributed by atoms with Gasteiger partial charge in [0.25, 0.3) is 0 Å². The summed E-state index contributed by atoms with van der Waals surface area (Å²) in [6.45, 7) is 1.94. The molecule has 0 unspecified atom stereocenters. The summed E-state index contributed by atoms with van der Waals surface area (Å²) in [5.41, 5.74) is 0.972. The SMILES string of the molecule is CC1=NN(C2CCCCCC2)C(=O)C1. The van der Waals surface area contributed by atoms with Crippen molar-refractivity contribution in [1.82, 2.24) is 5.01 Å². The van der Waals surface area contributed by atoms with Crippen LogP contribution in [0.5, 0.6) is 0 Å². The van der Waals surface area contributed by atoms with Crippen LogP contribution in [-0.2, 0) is 4.79 Å². The third-order valence-corrected chi connectivity index (χ3v) is 3.11. The second-order valence-corrected chi connectivity index (χ2v) is 4.40. The quantitative estimate of drug-likeness (QED) is 0.589. The first kappa shape index (κ1) is 9.69. The minimum atomic E-state index is 0.203. The standard InChI is InChI=1S/C11H18N2O/c1-9-8-11(14)13(12-9)10-6-4-2-3-5-7-10/h10H,2-8H2,1H3. The number of hydrogen-bond donors (Lipinski definition) is 0. The summed E-state index contributed by atoms with van der Waals surface area (Å²) in [6, 6.07) is 0.391. The van der Waals surface area contributed by atoms with Crippen molar-refractivity contribution >= 4 is 11.6 Å². The van der Waals surface area contributed by atoms with E-state index < -0.39 is 0 Å². The smallest absolute Gasteiger partial charge is 0.248 e. The highest BCUT2D eigenvalue weighted by atomic mass is 16.2. The van der Waals surface area contributed by atoms with Crippen LogP contribution in [0.4, 0.5) is 0 Å². The third kappa shape index (κ3) is 1.97. The number of nitrogens with zero attached hydrogens (tertiary/aromatic N) is 2. The molecule has 3 heteroatoms. The fourth-order valence-electron chi connectivity index (χ4n) is 2.36. The first-order chi connectivity index (χ1) is 6.77. The van der Waals surface area contributed by atoms with E-state index in [0.29, 0.717) is 12.5 Å². The number of carbonyl (C=O) groups is 1. The lowest BCUT2D eigenvalue weighted by molar-refractivity contribution is -0.131. The van der Waals surface area contributed by atoms with Gasteiger partial charge in [0, 0.05) is 5.71 Å². The fraction of sp³-hybridized carbons (Fsp3) is 0.818. The molecule has 78 valence electrons. The maximum absolute atomic E-state index is 11.6. The van der Waals surface area contributed by atoms with Gasteiger partial charge in [0.15, 0.2) is 0 Å². The van der Waals surface area contributed by atoms with Gasteiger partial charge in [-0.3, -0.25) is 4.79 Å². The lowest BCUT2D eigenvalue weighted by Gasteiger charge is -2.22. The van der Waals surface area contributed by atoms with E-state index >= 15 is 0 Å². The number of hydrogen-bond acceptors (Lipinski definition) is 2. The molecule has 0 N–H and O–H groups in total. The van der Waals surface area contributed by atoms with Gasteiger partial charge in [-0.1, -0.05) is 25.7 Å². The van der Waals surface area contributed by atoms with Gasteiger partial charge in [-0.25, -0.2) is 5.01 Å². The Morgan fingerprint density at radius 2 is 1.86 bits per heavy atom. The van der Waals surface area contributed by atoms with Gasteiger partial charge in [0.1, 0.15) is 0 Å². The average Bonchev–Trinajstić information content (AvgIpc) is 2.43. The highest BCUT2D eigenvalue weighted by molar-refractivity contribution is 6.03. The van der Waals surface area contributed by atoms with Gasteiger partial charge in [-0.2, -0.15) is 5.10 Å². The highest BCUT2D eigenvalue weighted by Crippen LogP contribution is 2.24. The molecule has 2 aliphatic rings. The van der Waals surface area contributed by atoms with Crippen molar-refractivity contribution in [1.29, 1.82) is 0 Å². The topological polar surface area (TPSA) is 32.7 Å². The van der Waals surface area contributed by atoms with Crippen molar-refractivity contribution in [3.05, 3.63) is 0 Å². The zero-order valence-corrected chi connectivity index (χ0v) is 8.83. The largest absolute Gasteiger partial charge is 0.273 e. The van der Waals surface area contributed by atoms with Crippen LogP contribution in [0.3, 0.4) is 0 Å². The fourth-order valence-corrected chi connectivity index (χ4v) is 2.36. The molecule has 1 heterocycles. The summed E-state index contributed by atoms with van der Waals surface area (Å²) in [5, 5.41) is 6.09. The van der Waals surface area contributed by atoms with Crippen molar-refractivity contribution in [3.63, 3.8) is 0 Å². The minimum absolute atomic E-state index is 0.203. The van der Waals surface area contributed by atoms with Crippen LogP contribution in [0.2, 0.25) is 0 Å². The molecule has 1 aliphatic heterocycles. The first-order valence-corrected chi connectivity index (χ1v) is 5.63. The molecular formula is C11H18N2O. The molecule has 0 radical (unpaired) electrons. The second kappa shape index (κ2) is 4.11. The molecule has 1 amide bonds. The summed E-state index contributed by atoms with van der Waals surface area (Å²) in [5.74, 6) is 0.203. The van der Waals surface area contributed by atoms with E-state index in [1.54, 1.807) is 5.01 Å². The average molecular weight is 194 g/mol. The molecule has 0 aromatic carbocycles. The number of rotatable bonds is 1. The molecule has 1 aliphatic carbocycles. The van der Waals surface area contributed by atoms with E-state index in [2.05, 4.69) is 5.10 Å². The van der Waals surface area contributed by atoms with Crippen LogP contribution in [0, 0.1) is 0 Å². The van der Waals surface area contributed by atoms with Crippen molar-refractivity contribution in [2.75, 3.05) is 0 Å². The van der Waals surface area contributed by atoms with Gasteiger partial charge in [0.05, 0.1) is 12.5 Å². The maximum atomic E-state index is 11.6. The molecule has 0 aromatic rings. The van der Waals surface area contributed by atoms with Crippen LogP contribution in [-0.4, -0.2) is 22.7 Å². The van der Waals surface area contributed by atoms with Crippen molar-refractivity contribution in [3.8, 4) is 0 Å². The van der Waals surface area contributed by atoms with Gasteiger partial charge < -0.3 is 0 Å². The number of carbonyl (C=O) groups excluding carboxylic acids is 1. The Morgan fingerprint density at radius 3 is 2.36 bits per heavy atom. The third-order valence-electron chi connectivity index (χ3n) is 3.11. The molecule has 0 bridgehead atoms. The summed E-state index contributed by atoms with van der Waals surface area (Å²) in [6.07, 6.45) is 7.97. The maximum Gasteiger partial charge on any atom is 0.248 e. The lowest BCUT2D eigenvalue weighted by Crippen LogP contribution is -2.32. The molecule has 14 heavy (non-hydrogen) atoms. The summed E-state index contributed by atoms with van der Waals surface area (Å²) in [4.78, 5) is 11.6. The minimum Gasteiger partial charge on any atom is -0.273 e. The van der Waals surface area contributed by atoms with Crippen LogP contribution >= 0.6 is 0 Å². The summed E-state index contributed by atoms with van der Waals surface area (Å²) < 4.78 is 0. The van der Waals surface area contributed by atoms with Crippen LogP contribution in [0.15, 0.2) is 5.10 Å². The summed E-state index contributed by atoms with van der Waals surface area (Å²) >= 11 is 0. The number of amides is 1. The molecular weight excluding hydrogens is 176 g/mol. The normalized spacial score (nSPS) is 25.1. The predicted molar refractivity (Wildman–Crippen MR) is 56.1 cm³/mol. The van der Waals surface area contributed by atoms with Crippen LogP contribution in [0.25, 0.3) is 0 Å². The van der Waals surface area contributed by atoms with E-state index in [4.69, 9.17) is 0 Å². The zero-order chi connectivity index (χ0) is 9.97. The molecule has 2 rings (SSSR count). The van der Waals surface area contributed by atoms with Crippen molar-refractivity contribution in [2.45, 2.75) is 57.9 Å². The Morgan fingerprint density at radius 1 is 1.21 bits per heavy atom. The molecule has 0 spiro atoms. The van der Waals surface area contributed by atoms with E-state index in [-0.39, 0.29) is 5.91 Å². The first-order valence-electron chi connectivity index (χ1n) is 5.63. The predicted octanol–water partition coefficient (Wildman–Crippen LogP) is 2.32. The molecule has 0 aromatic heterocycles. The van der Waals surface area contributed by atoms with Crippen LogP contribution in [0.1, 0.15) is 51.9 Å². The molecule has 0 saturated heterocycles. The molecule has 0 atom stereocenters. The molecule has 1 fully saturated rings. The highest BCUT2D eigenvalue weighted by Gasteiger charge is 2.28. The van der Waals surface area contributed by atoms with Gasteiger partial charge in [-0.05, 0) is 19.8 Å². The molecule has 1 saturated carbocycles. The zero-order valence-electron chi connectivity index (χ0n) is 8.83. The van der Waals surface area contributed by atoms with E-state index in [1.807, 2.05) is 6.92 Å². The van der Waals surface area contributed by atoms with E-state index in [0.717, 1.165) is 18.6 Å². The van der Waals surface area contributed by atoms with Gasteiger partial charge in [0.2, 0.25) is 5.91 Å². The van der Waals surface area contributed by atoms with E-state index in [9.17, 15) is 4.79 Å². The summed E-state index contributed by atoms with van der Waals surface area (Å²) in [7, 11) is 0.